The van der Waals surface area contributed by atoms with E-state index >= 15 is 0 Å². The van der Waals surface area contributed by atoms with Crippen LogP contribution in [0.1, 0.15) is 150 Å². The SMILES string of the molecule is CC1=CC(Cc2ccc3c(c2)C(C)(C)c2cc4c(cc2-3)C(C)(C)c2ccc3c(oc5ccccc53)c2-4)CC=C1.CC1=CCC2C(=C1)C(C)(C)c1cc3c(cc12)C(C)(C)C1=CC=C2c4ccccc4SC2C13. The first-order valence-electron chi connectivity index (χ1n) is 26.4. The van der Waals surface area contributed by atoms with Crippen molar-refractivity contribution in [3.05, 3.63) is 224 Å². The number of fused-ring (bicyclic) bond motifs is 20. The van der Waals surface area contributed by atoms with E-state index < -0.39 is 0 Å². The Hall–Kier alpha value is -6.09. The molecule has 2 heteroatoms. The third-order valence-corrected chi connectivity index (χ3v) is 20.2. The molecule has 0 bridgehead atoms. The maximum atomic E-state index is 6.56. The molecule has 352 valence electrons. The molecule has 1 aromatic heterocycles. The zero-order chi connectivity index (χ0) is 48.7. The molecular formula is C69H64OS. The topological polar surface area (TPSA) is 13.1 Å². The highest BCUT2D eigenvalue weighted by Gasteiger charge is 2.52. The quantitative estimate of drug-likeness (QED) is 0.171. The van der Waals surface area contributed by atoms with Crippen LogP contribution in [-0.2, 0) is 28.1 Å². The maximum Gasteiger partial charge on any atom is 0.143 e. The lowest BCUT2D eigenvalue weighted by Crippen LogP contribution is -2.22. The molecule has 4 atom stereocenters. The second kappa shape index (κ2) is 14.8. The van der Waals surface area contributed by atoms with E-state index in [-0.39, 0.29) is 21.7 Å². The Bertz CT molecular complexity index is 3750. The molecule has 7 aliphatic carbocycles. The van der Waals surface area contributed by atoms with Crippen molar-refractivity contribution in [1.29, 1.82) is 0 Å². The summed E-state index contributed by atoms with van der Waals surface area (Å²) in [6.07, 6.45) is 20.2. The number of thioether (sulfide) groups is 1. The summed E-state index contributed by atoms with van der Waals surface area (Å²) in [7, 11) is 0. The molecule has 2 heterocycles. The summed E-state index contributed by atoms with van der Waals surface area (Å²) in [4.78, 5) is 1.45. The minimum atomic E-state index is -0.0849. The van der Waals surface area contributed by atoms with Gasteiger partial charge in [-0.2, -0.15) is 0 Å². The van der Waals surface area contributed by atoms with Crippen LogP contribution in [0.2, 0.25) is 0 Å². The van der Waals surface area contributed by atoms with Crippen LogP contribution in [0.15, 0.2) is 177 Å². The predicted molar refractivity (Wildman–Crippen MR) is 300 cm³/mol. The fourth-order valence-electron chi connectivity index (χ4n) is 15.1. The summed E-state index contributed by atoms with van der Waals surface area (Å²) in [6.45, 7) is 23.8. The fraction of sp³-hybridized carbons (Fsp3) is 0.304. The Kier molecular flexibility index (Phi) is 9.08. The molecular weight excluding hydrogens is 877 g/mol. The lowest BCUT2D eigenvalue weighted by atomic mass is 9.76. The van der Waals surface area contributed by atoms with E-state index in [1.807, 2.05) is 0 Å². The normalized spacial score (nSPS) is 24.1. The third-order valence-electron chi connectivity index (χ3n) is 18.9. The molecule has 0 radical (unpaired) electrons. The highest BCUT2D eigenvalue weighted by Crippen LogP contribution is 2.65. The first kappa shape index (κ1) is 43.7. The van der Waals surface area contributed by atoms with Gasteiger partial charge in [-0.15, -0.1) is 11.8 Å². The summed E-state index contributed by atoms with van der Waals surface area (Å²) >= 11 is 2.09. The van der Waals surface area contributed by atoms with Gasteiger partial charge in [0.2, 0.25) is 0 Å². The van der Waals surface area contributed by atoms with Crippen molar-refractivity contribution >= 4 is 39.3 Å². The van der Waals surface area contributed by atoms with Crippen LogP contribution >= 0.6 is 11.8 Å². The van der Waals surface area contributed by atoms with E-state index in [0.717, 1.165) is 30.4 Å². The molecule has 6 aromatic carbocycles. The van der Waals surface area contributed by atoms with E-state index in [2.05, 4.69) is 227 Å². The Morgan fingerprint density at radius 1 is 0.577 bits per heavy atom. The van der Waals surface area contributed by atoms with Crippen LogP contribution in [0, 0.1) is 5.92 Å². The van der Waals surface area contributed by atoms with Gasteiger partial charge in [-0.3, -0.25) is 0 Å². The largest absolute Gasteiger partial charge is 0.455 e. The zero-order valence-corrected chi connectivity index (χ0v) is 43.9. The van der Waals surface area contributed by atoms with Gasteiger partial charge in [-0.1, -0.05) is 199 Å². The first-order valence-corrected chi connectivity index (χ1v) is 27.3. The minimum Gasteiger partial charge on any atom is -0.455 e. The zero-order valence-electron chi connectivity index (χ0n) is 43.1. The van der Waals surface area contributed by atoms with Crippen LogP contribution in [0.4, 0.5) is 0 Å². The van der Waals surface area contributed by atoms with Crippen LogP contribution in [0.5, 0.6) is 0 Å². The summed E-state index contributed by atoms with van der Waals surface area (Å²) in [5, 5.41) is 2.91. The minimum absolute atomic E-state index is 0.0530. The van der Waals surface area contributed by atoms with Crippen molar-refractivity contribution in [3.8, 4) is 22.3 Å². The van der Waals surface area contributed by atoms with Gasteiger partial charge < -0.3 is 4.42 Å². The highest BCUT2D eigenvalue weighted by molar-refractivity contribution is 8.01. The number of para-hydroxylation sites is 1. The van der Waals surface area contributed by atoms with Gasteiger partial charge in [0, 0.05) is 60.0 Å². The van der Waals surface area contributed by atoms with Crippen LogP contribution in [0.3, 0.4) is 0 Å². The lowest BCUT2D eigenvalue weighted by Gasteiger charge is -2.30. The second-order valence-electron chi connectivity index (χ2n) is 24.4. The Morgan fingerprint density at radius 2 is 1.30 bits per heavy atom. The van der Waals surface area contributed by atoms with E-state index in [9.17, 15) is 0 Å². The molecule has 71 heavy (non-hydrogen) atoms. The van der Waals surface area contributed by atoms with E-state index in [1.54, 1.807) is 33.4 Å². The monoisotopic (exact) mass is 940 g/mol. The van der Waals surface area contributed by atoms with E-state index in [0.29, 0.717) is 23.0 Å². The van der Waals surface area contributed by atoms with E-state index in [4.69, 9.17) is 4.42 Å². The molecule has 15 rings (SSSR count). The van der Waals surface area contributed by atoms with Crippen molar-refractivity contribution < 1.29 is 4.42 Å². The standard InChI is InChI=1S/C38H34O.C31H30S/c1-22-9-8-10-23(17-22)18-24-13-14-25-28-20-33-29(21-32(28)38(4,5)31(25)19-24)35-30(37(33,2)3)16-15-27-26-11-6-7-12-34(26)39-36(27)35;1-17-10-11-18-21-15-26-22(16-25(21)31(4,5)24(18)14-17)28-23(30(26,2)3)13-12-20-19-8-6-7-9-27(19)32-29(20)28/h6-9,11-17,19-21,23H,10,18H2,1-5H3;6-10,12-16,18,28-29H,11H2,1-5H3. The lowest BCUT2D eigenvalue weighted by molar-refractivity contribution is 0.607. The predicted octanol–water partition coefficient (Wildman–Crippen LogP) is 18.5. The molecule has 1 aliphatic heterocycles. The average Bonchev–Trinajstić information content (AvgIpc) is 4.13. The van der Waals surface area contributed by atoms with Gasteiger partial charge in [0.1, 0.15) is 11.2 Å². The van der Waals surface area contributed by atoms with Crippen molar-refractivity contribution in [2.24, 2.45) is 5.92 Å². The third kappa shape index (κ3) is 6.01. The van der Waals surface area contributed by atoms with Crippen LogP contribution < -0.4 is 0 Å². The van der Waals surface area contributed by atoms with Gasteiger partial charge >= 0.3 is 0 Å². The number of hydrogen-bond acceptors (Lipinski definition) is 2. The Labute approximate surface area is 425 Å². The Morgan fingerprint density at radius 3 is 2.14 bits per heavy atom. The van der Waals surface area contributed by atoms with Gasteiger partial charge in [0.25, 0.3) is 0 Å². The Balaban J connectivity index is 0.000000135. The number of furan rings is 1. The average molecular weight is 941 g/mol. The molecule has 1 nitrogen and oxygen atoms in total. The molecule has 0 saturated carbocycles. The summed E-state index contributed by atoms with van der Waals surface area (Å²) < 4.78 is 6.56. The molecule has 0 amide bonds. The van der Waals surface area contributed by atoms with Gasteiger partial charge in [-0.25, -0.2) is 0 Å². The number of allylic oxidation sites excluding steroid dienone is 11. The van der Waals surface area contributed by atoms with Crippen molar-refractivity contribution in [3.63, 3.8) is 0 Å². The van der Waals surface area contributed by atoms with Crippen LogP contribution in [-0.4, -0.2) is 5.25 Å². The molecule has 0 fully saturated rings. The second-order valence-corrected chi connectivity index (χ2v) is 25.6. The van der Waals surface area contributed by atoms with E-state index in [1.165, 1.54) is 88.0 Å². The molecule has 0 spiro atoms. The van der Waals surface area contributed by atoms with Crippen molar-refractivity contribution in [2.75, 3.05) is 0 Å². The molecule has 4 unspecified atom stereocenters. The van der Waals surface area contributed by atoms with Gasteiger partial charge in [-0.05, 0) is 141 Å². The fourth-order valence-corrected chi connectivity index (χ4v) is 16.6. The summed E-state index contributed by atoms with van der Waals surface area (Å²) in [6, 6.07) is 39.6. The van der Waals surface area contributed by atoms with Gasteiger partial charge in [0.05, 0.1) is 0 Å². The smallest absolute Gasteiger partial charge is 0.143 e. The highest BCUT2D eigenvalue weighted by atomic mass is 32.2. The van der Waals surface area contributed by atoms with Crippen LogP contribution in [0.25, 0.3) is 49.8 Å². The molecule has 8 aliphatic rings. The molecule has 0 saturated heterocycles. The summed E-state index contributed by atoms with van der Waals surface area (Å²) in [5.41, 5.74) is 29.9. The van der Waals surface area contributed by atoms with Crippen molar-refractivity contribution in [2.45, 2.75) is 132 Å². The summed E-state index contributed by atoms with van der Waals surface area (Å²) in [5.74, 6) is 1.63. The number of rotatable bonds is 2. The first-order chi connectivity index (χ1) is 34.0. The van der Waals surface area contributed by atoms with Gasteiger partial charge in [0.15, 0.2) is 0 Å². The molecule has 0 N–H and O–H groups in total. The van der Waals surface area contributed by atoms with Crippen molar-refractivity contribution in [1.82, 2.24) is 0 Å². The maximum absolute atomic E-state index is 6.56. The molecule has 7 aromatic rings. The number of hydrogen-bond donors (Lipinski definition) is 0. The number of benzene rings is 6.